The molecule has 0 atom stereocenters. The quantitative estimate of drug-likeness (QED) is 0.660. The van der Waals surface area contributed by atoms with E-state index >= 15 is 0 Å². The molecule has 0 spiro atoms. The summed E-state index contributed by atoms with van der Waals surface area (Å²) in [5, 5.41) is 14.0. The molecule has 0 saturated heterocycles. The summed E-state index contributed by atoms with van der Waals surface area (Å²) in [6.45, 7) is 0.536. The Morgan fingerprint density at radius 3 is 2.52 bits per heavy atom. The van der Waals surface area contributed by atoms with Crippen molar-refractivity contribution in [1.29, 1.82) is 0 Å². The first-order valence-corrected chi connectivity index (χ1v) is 7.09. The van der Waals surface area contributed by atoms with Crippen molar-refractivity contribution in [2.45, 2.75) is 6.54 Å². The lowest BCUT2D eigenvalue weighted by Crippen LogP contribution is -2.19. The highest BCUT2D eigenvalue weighted by Crippen LogP contribution is 2.27. The molecule has 0 fully saturated rings. The van der Waals surface area contributed by atoms with Crippen molar-refractivity contribution in [2.24, 2.45) is 0 Å². The van der Waals surface area contributed by atoms with Crippen molar-refractivity contribution in [3.8, 4) is 0 Å². The zero-order chi connectivity index (χ0) is 15.4. The molecule has 7 heteroatoms. The minimum Gasteiger partial charge on any atom is -0.373 e. The summed E-state index contributed by atoms with van der Waals surface area (Å²) in [6.07, 6.45) is 0. The van der Waals surface area contributed by atoms with E-state index in [-0.39, 0.29) is 5.69 Å². The van der Waals surface area contributed by atoms with E-state index in [4.69, 9.17) is 0 Å². The van der Waals surface area contributed by atoms with Crippen LogP contribution in [-0.4, -0.2) is 24.0 Å². The Morgan fingerprint density at radius 2 is 1.95 bits per heavy atom. The molecule has 1 N–H and O–H groups in total. The number of benzene rings is 1. The fraction of sp³-hybridized carbons (Fsp3) is 0.214. The van der Waals surface area contributed by atoms with Crippen LogP contribution in [0.25, 0.3) is 0 Å². The number of anilines is 2. The predicted molar refractivity (Wildman–Crippen MR) is 86.7 cm³/mol. The molecule has 0 radical (unpaired) electrons. The van der Waals surface area contributed by atoms with Gasteiger partial charge >= 0.3 is 5.69 Å². The fourth-order valence-electron chi connectivity index (χ4n) is 1.94. The Balaban J connectivity index is 2.30. The van der Waals surface area contributed by atoms with Crippen LogP contribution in [0.4, 0.5) is 17.3 Å². The number of hydrogen-bond acceptors (Lipinski definition) is 5. The second kappa shape index (κ2) is 6.53. The third-order valence-electron chi connectivity index (χ3n) is 3.00. The lowest BCUT2D eigenvalue weighted by molar-refractivity contribution is -0.384. The average molecular weight is 351 g/mol. The van der Waals surface area contributed by atoms with Crippen LogP contribution in [-0.2, 0) is 6.54 Å². The summed E-state index contributed by atoms with van der Waals surface area (Å²) in [7, 11) is 3.52. The Bertz CT molecular complexity index is 646. The van der Waals surface area contributed by atoms with Crippen molar-refractivity contribution < 1.29 is 4.92 Å². The van der Waals surface area contributed by atoms with Gasteiger partial charge in [0.25, 0.3) is 0 Å². The summed E-state index contributed by atoms with van der Waals surface area (Å²) >= 11 is 3.38. The van der Waals surface area contributed by atoms with E-state index in [1.807, 2.05) is 24.3 Å². The van der Waals surface area contributed by atoms with Gasteiger partial charge in [0.2, 0.25) is 5.82 Å². The van der Waals surface area contributed by atoms with E-state index in [9.17, 15) is 10.1 Å². The summed E-state index contributed by atoms with van der Waals surface area (Å²) in [5.41, 5.74) is 1.04. The molecule has 1 heterocycles. The van der Waals surface area contributed by atoms with E-state index in [0.717, 1.165) is 10.0 Å². The molecule has 0 saturated carbocycles. The number of aromatic nitrogens is 1. The van der Waals surface area contributed by atoms with Gasteiger partial charge in [-0.2, -0.15) is 0 Å². The van der Waals surface area contributed by atoms with E-state index in [0.29, 0.717) is 18.2 Å². The van der Waals surface area contributed by atoms with Gasteiger partial charge in [-0.05, 0) is 23.8 Å². The third-order valence-corrected chi connectivity index (χ3v) is 3.53. The van der Waals surface area contributed by atoms with Crippen molar-refractivity contribution >= 4 is 33.3 Å². The highest BCUT2D eigenvalue weighted by Gasteiger charge is 2.19. The van der Waals surface area contributed by atoms with Gasteiger partial charge in [-0.15, -0.1) is 0 Å². The summed E-state index contributed by atoms with van der Waals surface area (Å²) < 4.78 is 0.996. The molecular weight excluding hydrogens is 336 g/mol. The summed E-state index contributed by atoms with van der Waals surface area (Å²) in [4.78, 5) is 16.8. The first-order valence-electron chi connectivity index (χ1n) is 6.30. The van der Waals surface area contributed by atoms with Crippen LogP contribution in [0.2, 0.25) is 0 Å². The number of nitro groups is 1. The van der Waals surface area contributed by atoms with Crippen molar-refractivity contribution in [2.75, 3.05) is 24.3 Å². The van der Waals surface area contributed by atoms with E-state index in [1.165, 1.54) is 6.07 Å². The van der Waals surface area contributed by atoms with E-state index < -0.39 is 4.92 Å². The highest BCUT2D eigenvalue weighted by atomic mass is 79.9. The minimum absolute atomic E-state index is 0.00592. The van der Waals surface area contributed by atoms with Gasteiger partial charge in [0, 0.05) is 31.2 Å². The first kappa shape index (κ1) is 15.2. The maximum Gasteiger partial charge on any atom is 0.311 e. The molecule has 0 aliphatic rings. The monoisotopic (exact) mass is 350 g/mol. The molecule has 0 bridgehead atoms. The first-order chi connectivity index (χ1) is 10.0. The van der Waals surface area contributed by atoms with Crippen molar-refractivity contribution in [3.63, 3.8) is 0 Å². The lowest BCUT2D eigenvalue weighted by atomic mass is 10.2. The van der Waals surface area contributed by atoms with Crippen LogP contribution in [0.5, 0.6) is 0 Å². The molecule has 0 amide bonds. The van der Waals surface area contributed by atoms with Crippen LogP contribution in [0, 0.1) is 10.1 Å². The van der Waals surface area contributed by atoms with Crippen molar-refractivity contribution in [3.05, 3.63) is 56.5 Å². The SMILES string of the molecule is CNc1ccc([N+](=O)[O-])c(N(C)Cc2ccc(Br)cc2)n1. The Hall–Kier alpha value is -2.15. The predicted octanol–water partition coefficient (Wildman–Crippen LogP) is 3.43. The largest absolute Gasteiger partial charge is 0.373 e. The highest BCUT2D eigenvalue weighted by molar-refractivity contribution is 9.10. The molecule has 2 rings (SSSR count). The van der Waals surface area contributed by atoms with Gasteiger partial charge < -0.3 is 10.2 Å². The van der Waals surface area contributed by atoms with Crippen LogP contribution in [0.1, 0.15) is 5.56 Å². The Labute approximate surface area is 131 Å². The third kappa shape index (κ3) is 3.69. The molecule has 1 aromatic heterocycles. The maximum absolute atomic E-state index is 11.1. The normalized spacial score (nSPS) is 10.2. The van der Waals surface area contributed by atoms with Crippen LogP contribution in [0.3, 0.4) is 0 Å². The molecule has 0 unspecified atom stereocenters. The molecule has 6 nitrogen and oxygen atoms in total. The molecule has 110 valence electrons. The number of halogens is 1. The number of nitrogens with zero attached hydrogens (tertiary/aromatic N) is 3. The number of hydrogen-bond donors (Lipinski definition) is 1. The lowest BCUT2D eigenvalue weighted by Gasteiger charge is -2.18. The van der Waals surface area contributed by atoms with Crippen LogP contribution < -0.4 is 10.2 Å². The average Bonchev–Trinajstić information content (AvgIpc) is 2.48. The fourth-order valence-corrected chi connectivity index (χ4v) is 2.21. The topological polar surface area (TPSA) is 71.3 Å². The second-order valence-corrected chi connectivity index (χ2v) is 5.44. The second-order valence-electron chi connectivity index (χ2n) is 4.53. The number of rotatable bonds is 5. The zero-order valence-corrected chi connectivity index (χ0v) is 13.3. The molecular formula is C14H15BrN4O2. The van der Waals surface area contributed by atoms with Gasteiger partial charge in [0.1, 0.15) is 5.82 Å². The number of nitrogens with one attached hydrogen (secondary N) is 1. The Morgan fingerprint density at radius 1 is 1.29 bits per heavy atom. The van der Waals surface area contributed by atoms with Crippen LogP contribution in [0.15, 0.2) is 40.9 Å². The Kier molecular flexibility index (Phi) is 4.74. The minimum atomic E-state index is -0.417. The zero-order valence-electron chi connectivity index (χ0n) is 11.7. The molecule has 1 aromatic carbocycles. The molecule has 2 aromatic rings. The van der Waals surface area contributed by atoms with Gasteiger partial charge in [-0.3, -0.25) is 10.1 Å². The van der Waals surface area contributed by atoms with Crippen LogP contribution >= 0.6 is 15.9 Å². The summed E-state index contributed by atoms with van der Waals surface area (Å²) in [5.74, 6) is 0.938. The van der Waals surface area contributed by atoms with Gasteiger partial charge in [0.15, 0.2) is 0 Å². The maximum atomic E-state index is 11.1. The van der Waals surface area contributed by atoms with E-state index in [1.54, 1.807) is 25.1 Å². The van der Waals surface area contributed by atoms with Gasteiger partial charge in [-0.25, -0.2) is 4.98 Å². The molecule has 21 heavy (non-hydrogen) atoms. The molecule has 0 aliphatic heterocycles. The number of pyridine rings is 1. The van der Waals surface area contributed by atoms with Crippen molar-refractivity contribution in [1.82, 2.24) is 4.98 Å². The van der Waals surface area contributed by atoms with Gasteiger partial charge in [0.05, 0.1) is 4.92 Å². The standard InChI is InChI=1S/C14H15BrN4O2/c1-16-13-8-7-12(19(20)21)14(17-13)18(2)9-10-3-5-11(15)6-4-10/h3-8H,9H2,1-2H3,(H,16,17). The molecule has 0 aliphatic carbocycles. The smallest absolute Gasteiger partial charge is 0.311 e. The van der Waals surface area contributed by atoms with E-state index in [2.05, 4.69) is 26.2 Å². The summed E-state index contributed by atoms with van der Waals surface area (Å²) in [6, 6.07) is 10.9. The van der Waals surface area contributed by atoms with Gasteiger partial charge in [-0.1, -0.05) is 28.1 Å².